The number of unbranched alkanes of at least 4 members (excludes halogenated alkanes) is 4. The second-order valence-corrected chi connectivity index (χ2v) is 6.15. The van der Waals surface area contributed by atoms with Gasteiger partial charge in [0.2, 0.25) is 5.91 Å². The van der Waals surface area contributed by atoms with E-state index in [1.165, 1.54) is 7.11 Å². The highest BCUT2D eigenvalue weighted by molar-refractivity contribution is 5.75. The number of allylic oxidation sites excluding steroid dienone is 2. The van der Waals surface area contributed by atoms with Crippen molar-refractivity contribution in [2.24, 2.45) is 0 Å². The maximum atomic E-state index is 11.6. The largest absolute Gasteiger partial charge is 0.469 e. The Bertz CT molecular complexity index is 405. The summed E-state index contributed by atoms with van der Waals surface area (Å²) in [6, 6.07) is 0. The molecule has 0 aliphatic rings. The lowest BCUT2D eigenvalue weighted by Crippen LogP contribution is -2.23. The van der Waals surface area contributed by atoms with Gasteiger partial charge in [-0.05, 0) is 25.7 Å². The number of hydrogen-bond donors (Lipinski definition) is 2. The quantitative estimate of drug-likeness (QED) is 0.268. The molecule has 0 bridgehead atoms. The lowest BCUT2D eigenvalue weighted by Gasteiger charge is -2.04. The Morgan fingerprint density at radius 1 is 1.08 bits per heavy atom. The van der Waals surface area contributed by atoms with Crippen molar-refractivity contribution >= 4 is 11.9 Å². The number of rotatable bonds is 15. The molecule has 0 aliphatic heterocycles. The van der Waals surface area contributed by atoms with Gasteiger partial charge in [0, 0.05) is 19.4 Å². The van der Waals surface area contributed by atoms with Gasteiger partial charge in [-0.25, -0.2) is 0 Å². The molecule has 5 nitrogen and oxygen atoms in total. The molecule has 0 aromatic heterocycles. The van der Waals surface area contributed by atoms with Crippen LogP contribution in [0.2, 0.25) is 0 Å². The first-order chi connectivity index (χ1) is 12.1. The SMILES string of the molecule is CCCCCC(O)C=CC=CCCNC(=O)CCCCCC(=O)OC. The number of hydrogen-bond acceptors (Lipinski definition) is 4. The van der Waals surface area contributed by atoms with Crippen LogP contribution in [-0.2, 0) is 14.3 Å². The van der Waals surface area contributed by atoms with Crippen molar-refractivity contribution in [3.8, 4) is 0 Å². The Hall–Kier alpha value is -1.62. The number of carbonyl (C=O) groups excluding carboxylic acids is 2. The van der Waals surface area contributed by atoms with Crippen molar-refractivity contribution in [2.75, 3.05) is 13.7 Å². The van der Waals surface area contributed by atoms with Crippen LogP contribution >= 0.6 is 0 Å². The van der Waals surface area contributed by atoms with Gasteiger partial charge in [0.25, 0.3) is 0 Å². The maximum Gasteiger partial charge on any atom is 0.305 e. The van der Waals surface area contributed by atoms with E-state index < -0.39 is 0 Å². The van der Waals surface area contributed by atoms with E-state index in [1.807, 2.05) is 18.2 Å². The number of carbonyl (C=O) groups is 2. The van der Waals surface area contributed by atoms with E-state index in [0.29, 0.717) is 19.4 Å². The van der Waals surface area contributed by atoms with Gasteiger partial charge < -0.3 is 15.2 Å². The van der Waals surface area contributed by atoms with Crippen LogP contribution in [0.1, 0.15) is 71.1 Å². The molecule has 0 heterocycles. The van der Waals surface area contributed by atoms with E-state index >= 15 is 0 Å². The van der Waals surface area contributed by atoms with Crippen molar-refractivity contribution in [2.45, 2.75) is 77.2 Å². The van der Waals surface area contributed by atoms with Crippen LogP contribution in [-0.4, -0.2) is 36.7 Å². The molecule has 0 aliphatic carbocycles. The second-order valence-electron chi connectivity index (χ2n) is 6.15. The van der Waals surface area contributed by atoms with Gasteiger partial charge in [0.15, 0.2) is 0 Å². The van der Waals surface area contributed by atoms with Crippen molar-refractivity contribution in [1.29, 1.82) is 0 Å². The smallest absolute Gasteiger partial charge is 0.305 e. The van der Waals surface area contributed by atoms with Gasteiger partial charge in [0.05, 0.1) is 13.2 Å². The van der Waals surface area contributed by atoms with Crippen molar-refractivity contribution in [1.82, 2.24) is 5.32 Å². The molecule has 144 valence electrons. The highest BCUT2D eigenvalue weighted by Gasteiger charge is 2.02. The fourth-order valence-electron chi connectivity index (χ4n) is 2.28. The number of nitrogens with one attached hydrogen (secondary N) is 1. The van der Waals surface area contributed by atoms with E-state index in [-0.39, 0.29) is 18.0 Å². The van der Waals surface area contributed by atoms with Crippen LogP contribution in [0.3, 0.4) is 0 Å². The van der Waals surface area contributed by atoms with Crippen LogP contribution < -0.4 is 5.32 Å². The molecule has 0 rings (SSSR count). The Balaban J connectivity index is 3.53. The minimum atomic E-state index is -0.366. The fourth-order valence-corrected chi connectivity index (χ4v) is 2.28. The number of aliphatic hydroxyl groups excluding tert-OH is 1. The number of aliphatic hydroxyl groups is 1. The molecule has 0 aromatic rings. The molecule has 0 aromatic carbocycles. The molecule has 0 spiro atoms. The minimum absolute atomic E-state index is 0.0494. The molecular formula is C20H35NO4. The zero-order valence-corrected chi connectivity index (χ0v) is 15.8. The third-order valence-electron chi connectivity index (χ3n) is 3.83. The van der Waals surface area contributed by atoms with E-state index in [2.05, 4.69) is 17.0 Å². The third-order valence-corrected chi connectivity index (χ3v) is 3.83. The molecule has 0 fully saturated rings. The summed E-state index contributed by atoms with van der Waals surface area (Å²) >= 11 is 0. The zero-order chi connectivity index (χ0) is 18.8. The minimum Gasteiger partial charge on any atom is -0.469 e. The summed E-state index contributed by atoms with van der Waals surface area (Å²) in [4.78, 5) is 22.6. The predicted molar refractivity (Wildman–Crippen MR) is 101 cm³/mol. The zero-order valence-electron chi connectivity index (χ0n) is 15.8. The van der Waals surface area contributed by atoms with Gasteiger partial charge in [-0.15, -0.1) is 0 Å². The molecule has 0 saturated heterocycles. The topological polar surface area (TPSA) is 75.6 Å². The number of methoxy groups -OCH3 is 1. The monoisotopic (exact) mass is 353 g/mol. The average Bonchev–Trinajstić information content (AvgIpc) is 2.60. The van der Waals surface area contributed by atoms with Gasteiger partial charge in [-0.2, -0.15) is 0 Å². The van der Waals surface area contributed by atoms with E-state index in [4.69, 9.17) is 0 Å². The highest BCUT2D eigenvalue weighted by Crippen LogP contribution is 2.05. The fraction of sp³-hybridized carbons (Fsp3) is 0.700. The van der Waals surface area contributed by atoms with Crippen molar-refractivity contribution in [3.63, 3.8) is 0 Å². The molecular weight excluding hydrogens is 318 g/mol. The normalized spacial score (nSPS) is 12.6. The number of amides is 1. The summed E-state index contributed by atoms with van der Waals surface area (Å²) in [7, 11) is 1.38. The van der Waals surface area contributed by atoms with Crippen LogP contribution in [0.25, 0.3) is 0 Å². The molecule has 1 amide bonds. The summed E-state index contributed by atoms with van der Waals surface area (Å²) in [6.07, 6.45) is 15.5. The van der Waals surface area contributed by atoms with Gasteiger partial charge in [0.1, 0.15) is 0 Å². The van der Waals surface area contributed by atoms with E-state index in [1.54, 1.807) is 6.08 Å². The first kappa shape index (κ1) is 23.4. The van der Waals surface area contributed by atoms with Crippen LogP contribution in [0.5, 0.6) is 0 Å². The molecule has 0 saturated carbocycles. The lowest BCUT2D eigenvalue weighted by atomic mass is 10.1. The Kier molecular flexibility index (Phi) is 16.1. The first-order valence-corrected chi connectivity index (χ1v) is 9.45. The Morgan fingerprint density at radius 3 is 2.56 bits per heavy atom. The lowest BCUT2D eigenvalue weighted by molar-refractivity contribution is -0.140. The summed E-state index contributed by atoms with van der Waals surface area (Å²) in [6.45, 7) is 2.76. The highest BCUT2D eigenvalue weighted by atomic mass is 16.5. The van der Waals surface area contributed by atoms with Crippen LogP contribution in [0.15, 0.2) is 24.3 Å². The van der Waals surface area contributed by atoms with Crippen molar-refractivity contribution < 1.29 is 19.4 Å². The Labute approximate surface area is 152 Å². The van der Waals surface area contributed by atoms with Gasteiger partial charge in [-0.1, -0.05) is 56.9 Å². The summed E-state index contributed by atoms with van der Waals surface area (Å²) < 4.78 is 4.56. The van der Waals surface area contributed by atoms with Crippen LogP contribution in [0, 0.1) is 0 Å². The average molecular weight is 354 g/mol. The second kappa shape index (κ2) is 17.2. The van der Waals surface area contributed by atoms with Crippen molar-refractivity contribution in [3.05, 3.63) is 24.3 Å². The standard InChI is InChI=1S/C20H35NO4/c1-3-4-8-13-18(22)14-9-5-6-12-17-21-19(23)15-10-7-11-16-20(24)25-2/h5-6,9,14,18,22H,3-4,7-8,10-13,15-17H2,1-2H3,(H,21,23). The number of esters is 1. The summed E-state index contributed by atoms with van der Waals surface area (Å²) in [5.74, 6) is -0.146. The number of ether oxygens (including phenoxy) is 1. The van der Waals surface area contributed by atoms with E-state index in [9.17, 15) is 14.7 Å². The van der Waals surface area contributed by atoms with Gasteiger partial charge >= 0.3 is 5.97 Å². The van der Waals surface area contributed by atoms with Crippen LogP contribution in [0.4, 0.5) is 0 Å². The Morgan fingerprint density at radius 2 is 1.84 bits per heavy atom. The molecule has 0 radical (unpaired) electrons. The molecule has 5 heteroatoms. The summed E-state index contributed by atoms with van der Waals surface area (Å²) in [5.41, 5.74) is 0. The molecule has 1 atom stereocenters. The predicted octanol–water partition coefficient (Wildman–Crippen LogP) is 3.67. The van der Waals surface area contributed by atoms with Gasteiger partial charge in [-0.3, -0.25) is 9.59 Å². The molecule has 1 unspecified atom stereocenters. The first-order valence-electron chi connectivity index (χ1n) is 9.45. The molecule has 25 heavy (non-hydrogen) atoms. The van der Waals surface area contributed by atoms with E-state index in [0.717, 1.165) is 51.4 Å². The third kappa shape index (κ3) is 17.0. The molecule has 2 N–H and O–H groups in total. The maximum absolute atomic E-state index is 11.6. The summed E-state index contributed by atoms with van der Waals surface area (Å²) in [5, 5.41) is 12.6.